The van der Waals surface area contributed by atoms with Gasteiger partial charge in [-0.1, -0.05) is 34.6 Å². The predicted molar refractivity (Wildman–Crippen MR) is 116 cm³/mol. The summed E-state index contributed by atoms with van der Waals surface area (Å²) in [4.78, 5) is 37.5. The maximum atomic E-state index is 13.0. The minimum Gasteiger partial charge on any atom is -0.356 e. The normalized spacial score (nSPS) is 18.2. The van der Waals surface area contributed by atoms with Gasteiger partial charge in [-0.05, 0) is 43.1 Å². The van der Waals surface area contributed by atoms with Crippen LogP contribution in [0.1, 0.15) is 70.1 Å². The van der Waals surface area contributed by atoms with Crippen molar-refractivity contribution >= 4 is 17.7 Å². The smallest absolute Gasteiger partial charge is 0.269 e. The van der Waals surface area contributed by atoms with Gasteiger partial charge in [0, 0.05) is 12.5 Å². The van der Waals surface area contributed by atoms with Crippen LogP contribution >= 0.6 is 0 Å². The maximum Gasteiger partial charge on any atom is 0.269 e. The Bertz CT molecular complexity index is 833. The van der Waals surface area contributed by atoms with Gasteiger partial charge in [0.25, 0.3) is 5.91 Å². The van der Waals surface area contributed by atoms with Crippen LogP contribution in [-0.4, -0.2) is 46.5 Å². The lowest BCUT2D eigenvalue weighted by molar-refractivity contribution is -0.125. The van der Waals surface area contributed by atoms with E-state index in [1.54, 1.807) is 6.07 Å². The molecule has 1 saturated heterocycles. The van der Waals surface area contributed by atoms with Gasteiger partial charge < -0.3 is 16.0 Å². The summed E-state index contributed by atoms with van der Waals surface area (Å²) in [6.45, 7) is 10.6. The Labute approximate surface area is 183 Å². The van der Waals surface area contributed by atoms with Crippen LogP contribution in [0.15, 0.2) is 6.07 Å². The Morgan fingerprint density at radius 1 is 1.32 bits per heavy atom. The van der Waals surface area contributed by atoms with Crippen molar-refractivity contribution in [3.8, 4) is 6.07 Å². The van der Waals surface area contributed by atoms with E-state index in [9.17, 15) is 19.6 Å². The van der Waals surface area contributed by atoms with E-state index in [-0.39, 0.29) is 23.7 Å². The fraction of sp³-hybridized carbons (Fsp3) is 0.682. The standard InChI is InChI=1S/C22H34N6O3/c1-13(2)8-15-10-17(28-27-15)20(30)26-18(11-22(3,4)5)21(31)25-16(12-23)9-14-6-7-24-19(14)29/h10,13-14,16,18H,6-9,11H2,1-5H3,(H,24,29)(H,25,31)(H,26,30)(H,27,28)/t14-,16-,18-/m0/s1. The Morgan fingerprint density at radius 3 is 2.58 bits per heavy atom. The molecule has 3 amide bonds. The van der Waals surface area contributed by atoms with E-state index >= 15 is 0 Å². The Hall–Kier alpha value is -2.89. The highest BCUT2D eigenvalue weighted by Gasteiger charge is 2.31. The lowest BCUT2D eigenvalue weighted by Crippen LogP contribution is -2.51. The highest BCUT2D eigenvalue weighted by molar-refractivity contribution is 5.96. The molecular formula is C22H34N6O3. The summed E-state index contributed by atoms with van der Waals surface area (Å²) in [6.07, 6.45) is 2.03. The molecule has 1 fully saturated rings. The lowest BCUT2D eigenvalue weighted by atomic mass is 9.87. The number of carbonyl (C=O) groups excluding carboxylic acids is 3. The number of carbonyl (C=O) groups is 3. The Balaban J connectivity index is 2.06. The molecule has 31 heavy (non-hydrogen) atoms. The molecule has 0 aliphatic carbocycles. The van der Waals surface area contributed by atoms with Crippen LogP contribution in [0.25, 0.3) is 0 Å². The summed E-state index contributed by atoms with van der Waals surface area (Å²) < 4.78 is 0. The number of nitrogens with zero attached hydrogens (tertiary/aromatic N) is 2. The number of hydrogen-bond donors (Lipinski definition) is 4. The molecular weight excluding hydrogens is 396 g/mol. The van der Waals surface area contributed by atoms with E-state index in [4.69, 9.17) is 0 Å². The van der Waals surface area contributed by atoms with Crippen molar-refractivity contribution < 1.29 is 14.4 Å². The second-order valence-corrected chi connectivity index (χ2v) is 9.86. The van der Waals surface area contributed by atoms with E-state index in [1.165, 1.54) is 0 Å². The van der Waals surface area contributed by atoms with Gasteiger partial charge in [-0.15, -0.1) is 0 Å². The number of rotatable bonds is 9. The molecule has 1 aliphatic rings. The third-order valence-electron chi connectivity index (χ3n) is 5.09. The summed E-state index contributed by atoms with van der Waals surface area (Å²) in [5, 5.41) is 24.6. The van der Waals surface area contributed by atoms with Gasteiger partial charge in [0.1, 0.15) is 17.8 Å². The van der Waals surface area contributed by atoms with E-state index in [2.05, 4.69) is 46.1 Å². The van der Waals surface area contributed by atoms with Crippen LogP contribution in [0.2, 0.25) is 0 Å². The first kappa shape index (κ1) is 24.4. The SMILES string of the molecule is CC(C)Cc1cc(C(=O)N[C@@H](CC(C)(C)C)C(=O)N[C@H](C#N)C[C@@H]2CCNC2=O)[nH]n1. The first-order chi connectivity index (χ1) is 14.5. The van der Waals surface area contributed by atoms with Gasteiger partial charge in [0.05, 0.1) is 11.8 Å². The molecule has 1 aromatic heterocycles. The Morgan fingerprint density at radius 2 is 2.03 bits per heavy atom. The average Bonchev–Trinajstić information content (AvgIpc) is 3.28. The molecule has 0 unspecified atom stereocenters. The fourth-order valence-corrected chi connectivity index (χ4v) is 3.63. The number of H-pyrrole nitrogens is 1. The zero-order valence-electron chi connectivity index (χ0n) is 19.0. The summed E-state index contributed by atoms with van der Waals surface area (Å²) in [6, 6.07) is 2.13. The van der Waals surface area contributed by atoms with E-state index < -0.39 is 23.9 Å². The minimum absolute atomic E-state index is 0.0921. The summed E-state index contributed by atoms with van der Waals surface area (Å²) >= 11 is 0. The number of nitriles is 1. The molecule has 1 aliphatic heterocycles. The quantitative estimate of drug-likeness (QED) is 0.472. The molecule has 170 valence electrons. The summed E-state index contributed by atoms with van der Waals surface area (Å²) in [7, 11) is 0. The molecule has 0 spiro atoms. The second kappa shape index (κ2) is 10.4. The predicted octanol–water partition coefficient (Wildman–Crippen LogP) is 1.68. The number of nitrogens with one attached hydrogen (secondary N) is 4. The highest BCUT2D eigenvalue weighted by atomic mass is 16.2. The molecule has 0 aromatic carbocycles. The van der Waals surface area contributed by atoms with Gasteiger partial charge in [-0.3, -0.25) is 19.5 Å². The van der Waals surface area contributed by atoms with Crippen molar-refractivity contribution in [1.29, 1.82) is 5.26 Å². The van der Waals surface area contributed by atoms with Crippen molar-refractivity contribution in [1.82, 2.24) is 26.1 Å². The molecule has 2 rings (SSSR count). The van der Waals surface area contributed by atoms with Gasteiger partial charge in [-0.2, -0.15) is 10.4 Å². The molecule has 0 radical (unpaired) electrons. The van der Waals surface area contributed by atoms with Gasteiger partial charge in [-0.25, -0.2) is 0 Å². The average molecular weight is 431 g/mol. The van der Waals surface area contributed by atoms with E-state index in [1.807, 2.05) is 20.8 Å². The van der Waals surface area contributed by atoms with Gasteiger partial charge in [0.2, 0.25) is 11.8 Å². The zero-order chi connectivity index (χ0) is 23.2. The van der Waals surface area contributed by atoms with Crippen LogP contribution < -0.4 is 16.0 Å². The molecule has 0 saturated carbocycles. The maximum absolute atomic E-state index is 13.0. The summed E-state index contributed by atoms with van der Waals surface area (Å²) in [5.74, 6) is -0.829. The van der Waals surface area contributed by atoms with Crippen LogP contribution in [0.4, 0.5) is 0 Å². The number of amides is 3. The molecule has 3 atom stereocenters. The first-order valence-corrected chi connectivity index (χ1v) is 10.8. The second-order valence-electron chi connectivity index (χ2n) is 9.86. The Kier molecular flexibility index (Phi) is 8.20. The molecule has 9 heteroatoms. The van der Waals surface area contributed by atoms with Crippen molar-refractivity contribution in [2.45, 2.75) is 72.4 Å². The van der Waals surface area contributed by atoms with Gasteiger partial charge in [0.15, 0.2) is 0 Å². The lowest BCUT2D eigenvalue weighted by Gasteiger charge is -2.27. The largest absolute Gasteiger partial charge is 0.356 e. The van der Waals surface area contributed by atoms with Crippen molar-refractivity contribution in [2.24, 2.45) is 17.3 Å². The highest BCUT2D eigenvalue weighted by Crippen LogP contribution is 2.22. The van der Waals surface area contributed by atoms with E-state index in [0.717, 1.165) is 12.1 Å². The van der Waals surface area contributed by atoms with Crippen molar-refractivity contribution in [2.75, 3.05) is 6.54 Å². The minimum atomic E-state index is -0.822. The molecule has 0 bridgehead atoms. The fourth-order valence-electron chi connectivity index (χ4n) is 3.63. The first-order valence-electron chi connectivity index (χ1n) is 10.8. The summed E-state index contributed by atoms with van der Waals surface area (Å²) in [5.41, 5.74) is 0.845. The number of aromatic amines is 1. The topological polar surface area (TPSA) is 140 Å². The monoisotopic (exact) mass is 430 g/mol. The third-order valence-corrected chi connectivity index (χ3v) is 5.09. The number of aromatic nitrogens is 2. The van der Waals surface area contributed by atoms with Crippen molar-refractivity contribution in [3.05, 3.63) is 17.5 Å². The van der Waals surface area contributed by atoms with E-state index in [0.29, 0.717) is 31.0 Å². The molecule has 4 N–H and O–H groups in total. The zero-order valence-corrected chi connectivity index (χ0v) is 19.0. The van der Waals surface area contributed by atoms with Crippen molar-refractivity contribution in [3.63, 3.8) is 0 Å². The third kappa shape index (κ3) is 7.70. The number of hydrogen-bond acceptors (Lipinski definition) is 5. The molecule has 2 heterocycles. The van der Waals surface area contributed by atoms with Crippen LogP contribution in [-0.2, 0) is 16.0 Å². The van der Waals surface area contributed by atoms with Crippen LogP contribution in [0, 0.1) is 28.6 Å². The van der Waals surface area contributed by atoms with Gasteiger partial charge >= 0.3 is 0 Å². The molecule has 9 nitrogen and oxygen atoms in total. The van der Waals surface area contributed by atoms with Crippen LogP contribution in [0.3, 0.4) is 0 Å². The molecule has 1 aromatic rings. The van der Waals surface area contributed by atoms with Crippen LogP contribution in [0.5, 0.6) is 0 Å².